The van der Waals surface area contributed by atoms with Crippen LogP contribution in [0, 0.1) is 0 Å². The normalized spacial score (nSPS) is 15.8. The Morgan fingerprint density at radius 2 is 2.00 bits per heavy atom. The maximum Gasteiger partial charge on any atom is 0.356 e. The molecule has 2 aromatic rings. The van der Waals surface area contributed by atoms with Crippen molar-refractivity contribution in [2.24, 2.45) is 0 Å². The van der Waals surface area contributed by atoms with Crippen LogP contribution in [-0.4, -0.2) is 34.1 Å². The van der Waals surface area contributed by atoms with Crippen molar-refractivity contribution in [3.63, 3.8) is 0 Å². The van der Waals surface area contributed by atoms with Crippen molar-refractivity contribution in [3.8, 4) is 5.75 Å². The number of carbonyl (C=O) groups is 2. The highest BCUT2D eigenvalue weighted by molar-refractivity contribution is 5.93. The molecule has 3 rings (SSSR count). The first-order chi connectivity index (χ1) is 11.1. The summed E-state index contributed by atoms with van der Waals surface area (Å²) in [4.78, 5) is 30.6. The smallest absolute Gasteiger partial charge is 0.356 e. The Labute approximate surface area is 132 Å². The Balaban J connectivity index is 1.76. The summed E-state index contributed by atoms with van der Waals surface area (Å²) in [6, 6.07) is 5.64. The fraction of sp³-hybridized carbons (Fsp3) is 0.250. The van der Waals surface area contributed by atoms with Crippen LogP contribution < -0.4 is 10.1 Å². The molecule has 1 aromatic carbocycles. The van der Waals surface area contributed by atoms with Gasteiger partial charge in [0.05, 0.1) is 25.5 Å². The van der Waals surface area contributed by atoms with Crippen LogP contribution in [0.4, 0.5) is 0 Å². The zero-order valence-electron chi connectivity index (χ0n) is 12.4. The minimum Gasteiger partial charge on any atom is -0.496 e. The lowest BCUT2D eigenvalue weighted by atomic mass is 10.1. The number of fused-ring (bicyclic) bond motifs is 1. The van der Waals surface area contributed by atoms with E-state index in [1.807, 2.05) is 18.2 Å². The minimum absolute atomic E-state index is 0.0892. The van der Waals surface area contributed by atoms with E-state index in [4.69, 9.17) is 9.84 Å². The first-order valence-corrected chi connectivity index (χ1v) is 7.12. The molecule has 7 nitrogen and oxygen atoms in total. The predicted molar refractivity (Wildman–Crippen MR) is 80.5 cm³/mol. The molecule has 23 heavy (non-hydrogen) atoms. The number of carboxylic acids is 1. The second-order valence-corrected chi connectivity index (χ2v) is 5.18. The second kappa shape index (κ2) is 6.04. The molecule has 0 radical (unpaired) electrons. The molecule has 0 aliphatic heterocycles. The molecule has 1 amide bonds. The molecule has 7 heteroatoms. The lowest BCUT2D eigenvalue weighted by Crippen LogP contribution is -2.28. The van der Waals surface area contributed by atoms with Crippen LogP contribution in [0.15, 0.2) is 30.6 Å². The number of aromatic nitrogens is 2. The number of rotatable bonds is 4. The largest absolute Gasteiger partial charge is 0.496 e. The van der Waals surface area contributed by atoms with Gasteiger partial charge in [-0.05, 0) is 30.0 Å². The zero-order valence-corrected chi connectivity index (χ0v) is 12.4. The van der Waals surface area contributed by atoms with E-state index in [1.54, 1.807) is 7.11 Å². The predicted octanol–water partition coefficient (Wildman–Crippen LogP) is 1.60. The van der Waals surface area contributed by atoms with Gasteiger partial charge in [0.25, 0.3) is 5.91 Å². The number of carbonyl (C=O) groups excluding carboxylic acids is 1. The first kappa shape index (κ1) is 15.0. The molecule has 0 bridgehead atoms. The van der Waals surface area contributed by atoms with E-state index in [0.29, 0.717) is 0 Å². The molecule has 0 saturated carbocycles. The number of benzene rings is 1. The quantitative estimate of drug-likeness (QED) is 0.889. The average molecular weight is 313 g/mol. The molecule has 1 atom stereocenters. The van der Waals surface area contributed by atoms with E-state index < -0.39 is 5.97 Å². The van der Waals surface area contributed by atoms with Crippen LogP contribution in [0.1, 0.15) is 44.6 Å². The highest BCUT2D eigenvalue weighted by Crippen LogP contribution is 2.36. The summed E-state index contributed by atoms with van der Waals surface area (Å²) in [6.07, 6.45) is 3.85. The van der Waals surface area contributed by atoms with Crippen molar-refractivity contribution in [2.75, 3.05) is 7.11 Å². The van der Waals surface area contributed by atoms with Gasteiger partial charge in [-0.15, -0.1) is 0 Å². The summed E-state index contributed by atoms with van der Waals surface area (Å²) in [5, 5.41) is 11.7. The van der Waals surface area contributed by atoms with Gasteiger partial charge in [0.15, 0.2) is 5.69 Å². The van der Waals surface area contributed by atoms with Crippen molar-refractivity contribution in [2.45, 2.75) is 18.9 Å². The summed E-state index contributed by atoms with van der Waals surface area (Å²) in [6.45, 7) is 0. The summed E-state index contributed by atoms with van der Waals surface area (Å²) >= 11 is 0. The van der Waals surface area contributed by atoms with Gasteiger partial charge in [0, 0.05) is 0 Å². The summed E-state index contributed by atoms with van der Waals surface area (Å²) in [5.74, 6) is -0.735. The van der Waals surface area contributed by atoms with Crippen molar-refractivity contribution < 1.29 is 19.4 Å². The third-order valence-corrected chi connectivity index (χ3v) is 3.86. The maximum absolute atomic E-state index is 12.3. The summed E-state index contributed by atoms with van der Waals surface area (Å²) < 4.78 is 5.34. The average Bonchev–Trinajstić information content (AvgIpc) is 2.98. The van der Waals surface area contributed by atoms with Gasteiger partial charge >= 0.3 is 5.97 Å². The molecular formula is C16H15N3O4. The molecule has 2 N–H and O–H groups in total. The number of hydrogen-bond donors (Lipinski definition) is 2. The lowest BCUT2D eigenvalue weighted by molar-refractivity contribution is 0.0689. The Morgan fingerprint density at radius 3 is 2.65 bits per heavy atom. The molecule has 0 saturated heterocycles. The Hall–Kier alpha value is -2.96. The van der Waals surface area contributed by atoms with E-state index in [-0.39, 0.29) is 23.3 Å². The van der Waals surface area contributed by atoms with Crippen LogP contribution in [0.2, 0.25) is 0 Å². The summed E-state index contributed by atoms with van der Waals surface area (Å²) in [7, 11) is 1.63. The van der Waals surface area contributed by atoms with Crippen LogP contribution in [0.25, 0.3) is 0 Å². The number of aromatic carboxylic acids is 1. The third kappa shape index (κ3) is 2.85. The number of methoxy groups -OCH3 is 1. The van der Waals surface area contributed by atoms with Crippen LogP contribution in [0.5, 0.6) is 5.75 Å². The van der Waals surface area contributed by atoms with Gasteiger partial charge in [-0.3, -0.25) is 4.79 Å². The van der Waals surface area contributed by atoms with Gasteiger partial charge in [0.1, 0.15) is 11.4 Å². The van der Waals surface area contributed by atoms with Crippen molar-refractivity contribution in [3.05, 3.63) is 53.1 Å². The molecule has 1 heterocycles. The van der Waals surface area contributed by atoms with E-state index in [9.17, 15) is 9.59 Å². The molecule has 1 aromatic heterocycles. The van der Waals surface area contributed by atoms with Crippen molar-refractivity contribution in [1.82, 2.24) is 15.3 Å². The van der Waals surface area contributed by atoms with Gasteiger partial charge < -0.3 is 15.2 Å². The van der Waals surface area contributed by atoms with Gasteiger partial charge in [-0.1, -0.05) is 12.1 Å². The fourth-order valence-electron chi connectivity index (χ4n) is 2.75. The van der Waals surface area contributed by atoms with Crippen molar-refractivity contribution in [1.29, 1.82) is 0 Å². The second-order valence-electron chi connectivity index (χ2n) is 5.18. The Kier molecular flexibility index (Phi) is 3.92. The first-order valence-electron chi connectivity index (χ1n) is 7.12. The van der Waals surface area contributed by atoms with E-state index >= 15 is 0 Å². The van der Waals surface area contributed by atoms with E-state index in [2.05, 4.69) is 15.3 Å². The maximum atomic E-state index is 12.3. The van der Waals surface area contributed by atoms with Gasteiger partial charge in [-0.25, -0.2) is 14.8 Å². The van der Waals surface area contributed by atoms with Gasteiger partial charge in [0.2, 0.25) is 0 Å². The number of ether oxygens (including phenoxy) is 1. The molecule has 118 valence electrons. The third-order valence-electron chi connectivity index (χ3n) is 3.86. The SMILES string of the molecule is COc1cccc2c1CCC2NC(=O)c1cnc(C(=O)O)cn1. The summed E-state index contributed by atoms with van der Waals surface area (Å²) in [5.41, 5.74) is 2.03. The minimum atomic E-state index is -1.18. The number of amides is 1. The van der Waals surface area contributed by atoms with E-state index in [0.717, 1.165) is 35.9 Å². The Bertz CT molecular complexity index is 758. The molecule has 0 spiro atoms. The molecule has 1 aliphatic rings. The topological polar surface area (TPSA) is 101 Å². The number of nitrogens with zero attached hydrogens (tertiary/aromatic N) is 2. The number of carboxylic acid groups (broad SMARTS) is 1. The highest BCUT2D eigenvalue weighted by Gasteiger charge is 2.27. The molecular weight excluding hydrogens is 298 g/mol. The highest BCUT2D eigenvalue weighted by atomic mass is 16.5. The molecule has 1 aliphatic carbocycles. The van der Waals surface area contributed by atoms with Crippen LogP contribution in [-0.2, 0) is 6.42 Å². The van der Waals surface area contributed by atoms with Crippen LogP contribution in [0.3, 0.4) is 0 Å². The van der Waals surface area contributed by atoms with Crippen LogP contribution >= 0.6 is 0 Å². The standard InChI is InChI=1S/C16H15N3O4/c1-23-14-4-2-3-9-10(14)5-6-11(9)19-15(20)12-7-18-13(8-17-12)16(21)22/h2-4,7-8,11H,5-6H2,1H3,(H,19,20)(H,21,22). The zero-order chi connectivity index (χ0) is 16.4. The fourth-order valence-corrected chi connectivity index (χ4v) is 2.75. The molecule has 0 fully saturated rings. The number of nitrogens with one attached hydrogen (secondary N) is 1. The van der Waals surface area contributed by atoms with Gasteiger partial charge in [-0.2, -0.15) is 0 Å². The Morgan fingerprint density at radius 1 is 1.26 bits per heavy atom. The monoisotopic (exact) mass is 313 g/mol. The number of hydrogen-bond acceptors (Lipinski definition) is 5. The van der Waals surface area contributed by atoms with E-state index in [1.165, 1.54) is 6.20 Å². The lowest BCUT2D eigenvalue weighted by Gasteiger charge is -2.14. The van der Waals surface area contributed by atoms with Crippen molar-refractivity contribution >= 4 is 11.9 Å². The molecule has 1 unspecified atom stereocenters.